The third-order valence-electron chi connectivity index (χ3n) is 8.96. The van der Waals surface area contributed by atoms with Crippen LogP contribution in [-0.4, -0.2) is 92.4 Å². The van der Waals surface area contributed by atoms with Crippen LogP contribution >= 0.6 is 7.75 Å². The number of para-hydroxylation sites is 1. The molecule has 4 fully saturated rings. The zero-order valence-electron chi connectivity index (χ0n) is 24.7. The van der Waals surface area contributed by atoms with Gasteiger partial charge in [-0.25, -0.2) is 14.1 Å². The smallest absolute Gasteiger partial charge is 0.459 e. The van der Waals surface area contributed by atoms with Gasteiger partial charge in [0, 0.05) is 5.41 Å². The predicted octanol–water partition coefficient (Wildman–Crippen LogP) is 1.58. The lowest BCUT2D eigenvalue weighted by Gasteiger charge is -2.47. The van der Waals surface area contributed by atoms with E-state index >= 15 is 0 Å². The lowest BCUT2D eigenvalue weighted by molar-refractivity contribution is -0.152. The second kappa shape index (κ2) is 12.3. The second-order valence-electron chi connectivity index (χ2n) is 11.9. The summed E-state index contributed by atoms with van der Waals surface area (Å²) in [4.78, 5) is 19.4. The quantitative estimate of drug-likeness (QED) is 0.173. The summed E-state index contributed by atoms with van der Waals surface area (Å²) in [6.45, 7) is 3.87. The first kappa shape index (κ1) is 31.4. The average Bonchev–Trinajstić information content (AvgIpc) is 3.60. The fourth-order valence-corrected chi connectivity index (χ4v) is 7.64. The molecular formula is C29H36N7O8P. The molecule has 0 amide bonds. The number of carbonyl (C=O) groups excluding carboxylic acids is 1. The fourth-order valence-electron chi connectivity index (χ4n) is 6.12. The Morgan fingerprint density at radius 2 is 1.91 bits per heavy atom. The number of aliphatic hydroxyl groups excluding tert-OH is 2. The van der Waals surface area contributed by atoms with E-state index in [9.17, 15) is 24.8 Å². The molecule has 4 aliphatic heterocycles. The van der Waals surface area contributed by atoms with Gasteiger partial charge in [-0.1, -0.05) is 18.2 Å². The van der Waals surface area contributed by atoms with Crippen LogP contribution in [0.3, 0.4) is 0 Å². The molecule has 0 radical (unpaired) electrons. The van der Waals surface area contributed by atoms with Crippen molar-refractivity contribution in [2.45, 2.75) is 56.1 Å². The van der Waals surface area contributed by atoms with E-state index in [0.29, 0.717) is 11.2 Å². The molecule has 15 nitrogen and oxygen atoms in total. The summed E-state index contributed by atoms with van der Waals surface area (Å²) in [5.41, 5.74) is 4.41. The molecule has 1 unspecified atom stereocenters. The molecule has 16 heteroatoms. The van der Waals surface area contributed by atoms with E-state index in [4.69, 9.17) is 24.3 Å². The zero-order chi connectivity index (χ0) is 31.8. The molecule has 4 saturated heterocycles. The van der Waals surface area contributed by atoms with E-state index < -0.39 is 50.3 Å². The molecule has 0 saturated carbocycles. The number of rotatable bonds is 11. The van der Waals surface area contributed by atoms with Gasteiger partial charge >= 0.3 is 13.7 Å². The topological polar surface area (TPSA) is 207 Å². The summed E-state index contributed by atoms with van der Waals surface area (Å²) >= 11 is 0. The third kappa shape index (κ3) is 6.15. The molecule has 4 aliphatic rings. The van der Waals surface area contributed by atoms with Gasteiger partial charge in [-0.3, -0.25) is 9.32 Å². The van der Waals surface area contributed by atoms with Gasteiger partial charge in [-0.05, 0) is 70.1 Å². The molecule has 240 valence electrons. The van der Waals surface area contributed by atoms with E-state index in [1.807, 2.05) is 6.07 Å². The van der Waals surface area contributed by atoms with Crippen LogP contribution in [0.25, 0.3) is 5.52 Å². The maximum absolute atomic E-state index is 14.1. The number of aromatic nitrogens is 3. The summed E-state index contributed by atoms with van der Waals surface area (Å²) in [6, 6.07) is 12.1. The molecule has 2 bridgehead atoms. The highest BCUT2D eigenvalue weighted by Crippen LogP contribution is 2.48. The number of benzene rings is 1. The highest BCUT2D eigenvalue weighted by molar-refractivity contribution is 7.52. The number of nitrogens with zero attached hydrogens (tertiary/aromatic N) is 5. The molecule has 5 N–H and O–H groups in total. The zero-order valence-corrected chi connectivity index (χ0v) is 25.6. The lowest BCUT2D eigenvalue weighted by atomic mass is 9.73. The van der Waals surface area contributed by atoms with E-state index in [1.165, 1.54) is 17.8 Å². The van der Waals surface area contributed by atoms with Crippen molar-refractivity contribution in [3.8, 4) is 11.8 Å². The monoisotopic (exact) mass is 641 g/mol. The van der Waals surface area contributed by atoms with Crippen molar-refractivity contribution in [1.82, 2.24) is 24.6 Å². The molecule has 0 aliphatic carbocycles. The molecule has 3 aromatic rings. The number of piperidine rings is 3. The van der Waals surface area contributed by atoms with Gasteiger partial charge in [0.25, 0.3) is 0 Å². The Bertz CT molecular complexity index is 1610. The number of hydrogen-bond acceptors (Lipinski definition) is 13. The van der Waals surface area contributed by atoms with E-state index in [0.717, 1.165) is 38.9 Å². The second-order valence-corrected chi connectivity index (χ2v) is 13.6. The summed E-state index contributed by atoms with van der Waals surface area (Å²) in [6.07, 6.45) is -0.544. The van der Waals surface area contributed by atoms with Gasteiger partial charge in [0.15, 0.2) is 5.82 Å². The van der Waals surface area contributed by atoms with Crippen LogP contribution in [0, 0.1) is 16.7 Å². The molecule has 6 atom stereocenters. The molecule has 7 rings (SSSR count). The summed E-state index contributed by atoms with van der Waals surface area (Å²) in [5.74, 6) is -0.293. The van der Waals surface area contributed by atoms with E-state index in [2.05, 4.69) is 20.1 Å². The Hall–Kier alpha value is -3.61. The van der Waals surface area contributed by atoms with Crippen molar-refractivity contribution in [3.63, 3.8) is 0 Å². The maximum atomic E-state index is 14.1. The number of esters is 1. The fraction of sp³-hybridized carbons (Fsp3) is 0.517. The number of nitrogens with one attached hydrogen (secondary N) is 1. The van der Waals surface area contributed by atoms with Crippen LogP contribution in [0.2, 0.25) is 0 Å². The SMILES string of the molecule is C[C@H](NP(=O)(OC[C@@]1(C#N)O[C@@H](c2ccc3c(N)ncnn23)[C@H](O)[C@@H]1O)Oc1ccccc1)C(=O)OCC12CCN(CC1)CC2. The maximum Gasteiger partial charge on any atom is 0.459 e. The van der Waals surface area contributed by atoms with Crippen molar-refractivity contribution in [3.05, 3.63) is 54.5 Å². The van der Waals surface area contributed by atoms with Gasteiger partial charge in [0.1, 0.15) is 54.6 Å². The molecule has 0 spiro atoms. The summed E-state index contributed by atoms with van der Waals surface area (Å²) < 4.78 is 38.6. The van der Waals surface area contributed by atoms with Crippen LogP contribution in [0.15, 0.2) is 48.8 Å². The Balaban J connectivity index is 1.18. The molecule has 2 aromatic heterocycles. The Kier molecular flexibility index (Phi) is 8.57. The molecule has 1 aromatic carbocycles. The van der Waals surface area contributed by atoms with Crippen molar-refractivity contribution in [1.29, 1.82) is 5.26 Å². The van der Waals surface area contributed by atoms with Gasteiger partial charge in [-0.2, -0.15) is 15.4 Å². The van der Waals surface area contributed by atoms with Gasteiger partial charge in [0.2, 0.25) is 5.60 Å². The van der Waals surface area contributed by atoms with Gasteiger partial charge < -0.3 is 34.8 Å². The van der Waals surface area contributed by atoms with Gasteiger partial charge in [-0.15, -0.1) is 0 Å². The average molecular weight is 642 g/mol. The van der Waals surface area contributed by atoms with Crippen molar-refractivity contribution < 1.29 is 38.1 Å². The molecule has 45 heavy (non-hydrogen) atoms. The standard InChI is InChI=1S/C29H36N7O8P/c1-19(27(39)41-16-28-9-12-35(13-10-28)14-11-28)34-45(40,44-20-5-3-2-4-6-20)42-17-29(15-30)25(38)23(37)24(43-29)21-7-8-22-26(31)32-18-33-36(21)22/h2-8,18-19,23-25,37-38H,9-14,16-17H2,1H3,(H,34,40)(H2,31,32,33)/t19-,23-,24-,25-,29+,45?/m0/s1. The first-order valence-electron chi connectivity index (χ1n) is 14.8. The van der Waals surface area contributed by atoms with Crippen LogP contribution in [0.1, 0.15) is 38.0 Å². The Labute approximate surface area is 259 Å². The van der Waals surface area contributed by atoms with Crippen molar-refractivity contribution in [2.75, 3.05) is 38.6 Å². The molecular weight excluding hydrogens is 605 g/mol. The van der Waals surface area contributed by atoms with Gasteiger partial charge in [0.05, 0.1) is 12.3 Å². The normalized spacial score (nSPS) is 31.2. The van der Waals surface area contributed by atoms with Crippen molar-refractivity contribution in [2.24, 2.45) is 5.41 Å². The number of carbonyl (C=O) groups is 1. The van der Waals surface area contributed by atoms with E-state index in [-0.39, 0.29) is 23.6 Å². The number of nitriles is 1. The number of hydrogen-bond donors (Lipinski definition) is 4. The number of ether oxygens (including phenoxy) is 2. The van der Waals surface area contributed by atoms with Crippen LogP contribution < -0.4 is 15.3 Å². The van der Waals surface area contributed by atoms with Crippen LogP contribution in [0.5, 0.6) is 5.75 Å². The number of nitrogens with two attached hydrogens (primary N) is 1. The molecule has 6 heterocycles. The predicted molar refractivity (Wildman–Crippen MR) is 158 cm³/mol. The third-order valence-corrected chi connectivity index (χ3v) is 10.6. The highest BCUT2D eigenvalue weighted by atomic mass is 31.2. The van der Waals surface area contributed by atoms with Crippen molar-refractivity contribution >= 4 is 25.1 Å². The minimum atomic E-state index is -4.43. The number of anilines is 1. The first-order valence-corrected chi connectivity index (χ1v) is 16.3. The van der Waals surface area contributed by atoms with Crippen LogP contribution in [0.4, 0.5) is 5.82 Å². The number of aliphatic hydroxyl groups is 2. The largest absolute Gasteiger partial charge is 0.464 e. The first-order chi connectivity index (χ1) is 21.6. The Morgan fingerprint density at radius 3 is 2.60 bits per heavy atom. The Morgan fingerprint density at radius 1 is 1.20 bits per heavy atom. The minimum Gasteiger partial charge on any atom is -0.464 e. The number of fused-ring (bicyclic) bond motifs is 4. The van der Waals surface area contributed by atoms with Crippen LogP contribution in [-0.2, 0) is 23.4 Å². The minimum absolute atomic E-state index is 0.0551. The summed E-state index contributed by atoms with van der Waals surface area (Å²) in [7, 11) is -4.43. The van der Waals surface area contributed by atoms with E-state index in [1.54, 1.807) is 42.5 Å². The highest BCUT2D eigenvalue weighted by Gasteiger charge is 2.57. The number of nitrogen functional groups attached to an aromatic ring is 1. The lowest BCUT2D eigenvalue weighted by Crippen LogP contribution is -2.50. The summed E-state index contributed by atoms with van der Waals surface area (Å²) in [5, 5.41) is 38.9.